The van der Waals surface area contributed by atoms with Crippen molar-refractivity contribution < 1.29 is 22.8 Å². The molecule has 1 aliphatic heterocycles. The van der Waals surface area contributed by atoms with Crippen LogP contribution in [0.15, 0.2) is 42.6 Å². The third-order valence-corrected chi connectivity index (χ3v) is 5.20. The second-order valence-electron chi connectivity index (χ2n) is 7.22. The molecule has 1 aromatic carbocycles. The van der Waals surface area contributed by atoms with Crippen molar-refractivity contribution in [2.24, 2.45) is 0 Å². The van der Waals surface area contributed by atoms with Crippen LogP contribution in [0.5, 0.6) is 0 Å². The number of rotatable bonds is 5. The summed E-state index contributed by atoms with van der Waals surface area (Å²) in [5, 5.41) is 2.84. The van der Waals surface area contributed by atoms with Crippen LogP contribution in [0.4, 0.5) is 24.7 Å². The van der Waals surface area contributed by atoms with Crippen molar-refractivity contribution in [3.8, 4) is 0 Å². The monoisotopic (exact) mass is 420 g/mol. The molecule has 6 nitrogen and oxygen atoms in total. The largest absolute Gasteiger partial charge is 0.417 e. The van der Waals surface area contributed by atoms with Gasteiger partial charge >= 0.3 is 6.18 Å². The summed E-state index contributed by atoms with van der Waals surface area (Å²) < 4.78 is 38.0. The summed E-state index contributed by atoms with van der Waals surface area (Å²) in [4.78, 5) is 31.7. The molecule has 0 bridgehead atoms. The van der Waals surface area contributed by atoms with Crippen molar-refractivity contribution in [3.63, 3.8) is 0 Å². The van der Waals surface area contributed by atoms with Crippen LogP contribution in [0.3, 0.4) is 0 Å². The van der Waals surface area contributed by atoms with E-state index < -0.39 is 11.7 Å². The van der Waals surface area contributed by atoms with Crippen LogP contribution in [-0.2, 0) is 11.0 Å². The molecule has 1 fully saturated rings. The zero-order valence-corrected chi connectivity index (χ0v) is 16.7. The molecule has 1 saturated heterocycles. The lowest BCUT2D eigenvalue weighted by molar-refractivity contribution is -0.137. The van der Waals surface area contributed by atoms with Crippen LogP contribution in [0, 0.1) is 0 Å². The van der Waals surface area contributed by atoms with Crippen molar-refractivity contribution >= 4 is 23.2 Å². The third kappa shape index (κ3) is 5.15. The Kier molecular flexibility index (Phi) is 6.40. The van der Waals surface area contributed by atoms with Crippen LogP contribution in [0.2, 0.25) is 0 Å². The van der Waals surface area contributed by atoms with Gasteiger partial charge in [-0.25, -0.2) is 4.98 Å². The van der Waals surface area contributed by atoms with Crippen LogP contribution >= 0.6 is 0 Å². The molecule has 1 N–H and O–H groups in total. The maximum absolute atomic E-state index is 12.7. The number of Topliss-reactive ketones (excluding diaryl/α,β-unsaturated/α-hetero) is 1. The number of pyridine rings is 1. The number of ketones is 1. The van der Waals surface area contributed by atoms with Gasteiger partial charge in [0.25, 0.3) is 0 Å². The molecule has 3 rings (SSSR count). The first-order chi connectivity index (χ1) is 14.1. The SMILES string of the molecule is CC(=O)c1ccc(NC(=O)[C@H](C)N2CCN(c3ccc(C(F)(F)F)cn3)CC2)cc1. The zero-order valence-electron chi connectivity index (χ0n) is 16.7. The van der Waals surface area contributed by atoms with E-state index in [0.717, 1.165) is 12.3 Å². The highest BCUT2D eigenvalue weighted by atomic mass is 19.4. The van der Waals surface area contributed by atoms with E-state index >= 15 is 0 Å². The highest BCUT2D eigenvalue weighted by Gasteiger charge is 2.31. The zero-order chi connectivity index (χ0) is 21.9. The van der Waals surface area contributed by atoms with Crippen molar-refractivity contribution in [2.45, 2.75) is 26.1 Å². The summed E-state index contributed by atoms with van der Waals surface area (Å²) in [5.41, 5.74) is 0.421. The molecular weight excluding hydrogens is 397 g/mol. The number of halogens is 3. The van der Waals surface area contributed by atoms with E-state index in [9.17, 15) is 22.8 Å². The maximum atomic E-state index is 12.7. The van der Waals surface area contributed by atoms with Gasteiger partial charge in [0.05, 0.1) is 11.6 Å². The summed E-state index contributed by atoms with van der Waals surface area (Å²) >= 11 is 0. The number of hydrogen-bond donors (Lipinski definition) is 1. The molecule has 1 atom stereocenters. The van der Waals surface area contributed by atoms with Gasteiger partial charge in [0.15, 0.2) is 5.78 Å². The first kappa shape index (κ1) is 21.8. The summed E-state index contributed by atoms with van der Waals surface area (Å²) in [6.07, 6.45) is -3.56. The van der Waals surface area contributed by atoms with Crippen LogP contribution in [-0.4, -0.2) is 53.8 Å². The fraction of sp³-hybridized carbons (Fsp3) is 0.381. The highest BCUT2D eigenvalue weighted by molar-refractivity contribution is 5.97. The molecule has 0 saturated carbocycles. The predicted octanol–water partition coefficient (Wildman–Crippen LogP) is 3.45. The molecule has 0 aliphatic carbocycles. The molecule has 2 aromatic rings. The lowest BCUT2D eigenvalue weighted by Crippen LogP contribution is -2.53. The van der Waals surface area contributed by atoms with Crippen LogP contribution < -0.4 is 10.2 Å². The number of anilines is 2. The van der Waals surface area contributed by atoms with E-state index in [2.05, 4.69) is 10.3 Å². The van der Waals surface area contributed by atoms with Gasteiger partial charge in [0.2, 0.25) is 5.91 Å². The van der Waals surface area contributed by atoms with Gasteiger partial charge in [-0.05, 0) is 50.2 Å². The lowest BCUT2D eigenvalue weighted by Gasteiger charge is -2.38. The van der Waals surface area contributed by atoms with Gasteiger partial charge in [0, 0.05) is 43.6 Å². The van der Waals surface area contributed by atoms with E-state index in [1.807, 2.05) is 16.7 Å². The number of nitrogens with zero attached hydrogens (tertiary/aromatic N) is 3. The molecule has 1 aromatic heterocycles. The standard InChI is InChI=1S/C21H23F3N4O2/c1-14(20(30)26-18-6-3-16(4-7-18)15(2)29)27-9-11-28(12-10-27)19-8-5-17(13-25-19)21(22,23)24/h3-8,13-14H,9-12H2,1-2H3,(H,26,30)/t14-/m0/s1. The first-order valence-corrected chi connectivity index (χ1v) is 9.59. The van der Waals surface area contributed by atoms with Gasteiger partial charge in [-0.1, -0.05) is 0 Å². The normalized spacial score (nSPS) is 16.2. The fourth-order valence-corrected chi connectivity index (χ4v) is 3.28. The van der Waals surface area contributed by atoms with Crippen LogP contribution in [0.25, 0.3) is 0 Å². The van der Waals surface area contributed by atoms with Crippen molar-refractivity contribution in [2.75, 3.05) is 36.4 Å². The second-order valence-corrected chi connectivity index (χ2v) is 7.22. The predicted molar refractivity (Wildman–Crippen MR) is 108 cm³/mol. The number of carbonyl (C=O) groups excluding carboxylic acids is 2. The molecule has 30 heavy (non-hydrogen) atoms. The number of carbonyl (C=O) groups is 2. The van der Waals surface area contributed by atoms with Gasteiger partial charge in [-0.3, -0.25) is 14.5 Å². The van der Waals surface area contributed by atoms with Crippen molar-refractivity contribution in [1.29, 1.82) is 0 Å². The summed E-state index contributed by atoms with van der Waals surface area (Å²) in [6, 6.07) is 8.74. The molecule has 1 amide bonds. The quantitative estimate of drug-likeness (QED) is 0.751. The molecule has 0 spiro atoms. The molecule has 2 heterocycles. The minimum atomic E-state index is -4.40. The Hall–Kier alpha value is -2.94. The van der Waals surface area contributed by atoms with E-state index in [1.165, 1.54) is 13.0 Å². The van der Waals surface area contributed by atoms with Crippen molar-refractivity contribution in [3.05, 3.63) is 53.7 Å². The number of benzene rings is 1. The number of amides is 1. The fourth-order valence-electron chi connectivity index (χ4n) is 3.28. The minimum absolute atomic E-state index is 0.0401. The Morgan fingerprint density at radius 3 is 2.17 bits per heavy atom. The smallest absolute Gasteiger partial charge is 0.354 e. The molecule has 160 valence electrons. The Balaban J connectivity index is 1.53. The van der Waals surface area contributed by atoms with E-state index in [1.54, 1.807) is 24.3 Å². The van der Waals surface area contributed by atoms with Gasteiger partial charge in [-0.15, -0.1) is 0 Å². The highest BCUT2D eigenvalue weighted by Crippen LogP contribution is 2.29. The maximum Gasteiger partial charge on any atom is 0.417 e. The van der Waals surface area contributed by atoms with Crippen LogP contribution in [0.1, 0.15) is 29.8 Å². The number of aromatic nitrogens is 1. The number of nitrogens with one attached hydrogen (secondary N) is 1. The summed E-state index contributed by atoms with van der Waals surface area (Å²) in [7, 11) is 0. The number of hydrogen-bond acceptors (Lipinski definition) is 5. The molecule has 1 aliphatic rings. The number of alkyl halides is 3. The summed E-state index contributed by atoms with van der Waals surface area (Å²) in [5.74, 6) is 0.290. The first-order valence-electron chi connectivity index (χ1n) is 9.59. The van der Waals surface area contributed by atoms with Crippen molar-refractivity contribution in [1.82, 2.24) is 9.88 Å². The van der Waals surface area contributed by atoms with Gasteiger partial charge in [-0.2, -0.15) is 13.2 Å². The Labute approximate surface area is 172 Å². The topological polar surface area (TPSA) is 65.5 Å². The Bertz CT molecular complexity index is 890. The number of piperazine rings is 1. The average Bonchev–Trinajstić information content (AvgIpc) is 2.73. The van der Waals surface area contributed by atoms with Gasteiger partial charge < -0.3 is 10.2 Å². The molecule has 0 radical (unpaired) electrons. The van der Waals surface area contributed by atoms with E-state index in [4.69, 9.17) is 0 Å². The summed E-state index contributed by atoms with van der Waals surface area (Å²) in [6.45, 7) is 5.58. The third-order valence-electron chi connectivity index (χ3n) is 5.20. The minimum Gasteiger partial charge on any atom is -0.354 e. The Morgan fingerprint density at radius 2 is 1.67 bits per heavy atom. The molecular formula is C21H23F3N4O2. The Morgan fingerprint density at radius 1 is 1.03 bits per heavy atom. The molecule has 9 heteroatoms. The van der Waals surface area contributed by atoms with Gasteiger partial charge in [0.1, 0.15) is 5.82 Å². The van der Waals surface area contributed by atoms with E-state index in [-0.39, 0.29) is 17.7 Å². The van der Waals surface area contributed by atoms with E-state index in [0.29, 0.717) is 43.2 Å². The second kappa shape index (κ2) is 8.83. The molecule has 0 unspecified atom stereocenters. The average molecular weight is 420 g/mol. The lowest BCUT2D eigenvalue weighted by atomic mass is 10.1.